The Morgan fingerprint density at radius 2 is 1.53 bits per heavy atom. The van der Waals surface area contributed by atoms with E-state index in [-0.39, 0.29) is 10.6 Å². The molecule has 3 aromatic carbocycles. The first kappa shape index (κ1) is 23.3. The molecular weight excluding hydrogens is 441 g/mol. The summed E-state index contributed by atoms with van der Waals surface area (Å²) < 4.78 is 66.9. The maximum absolute atomic E-state index is 13.3. The van der Waals surface area contributed by atoms with Gasteiger partial charge in [-0.3, -0.25) is 9.10 Å². The Hall–Kier alpha value is -3.33. The van der Waals surface area contributed by atoms with Crippen LogP contribution in [0.5, 0.6) is 0 Å². The summed E-state index contributed by atoms with van der Waals surface area (Å²) in [6.07, 6.45) is -4.67. The highest BCUT2D eigenvalue weighted by atomic mass is 32.2. The first-order chi connectivity index (χ1) is 15.0. The molecule has 0 aromatic heterocycles. The molecule has 0 spiro atoms. The molecule has 32 heavy (non-hydrogen) atoms. The van der Waals surface area contributed by atoms with E-state index in [4.69, 9.17) is 0 Å². The van der Waals surface area contributed by atoms with Crippen molar-refractivity contribution < 1.29 is 26.4 Å². The Morgan fingerprint density at radius 3 is 2.12 bits per heavy atom. The summed E-state index contributed by atoms with van der Waals surface area (Å²) in [6, 6.07) is 16.4. The molecule has 0 radical (unpaired) electrons. The third-order valence-corrected chi connectivity index (χ3v) is 6.37. The van der Waals surface area contributed by atoms with Gasteiger partial charge in [-0.2, -0.15) is 13.2 Å². The molecule has 168 valence electrons. The second-order valence-electron chi connectivity index (χ2n) is 7.30. The van der Waals surface area contributed by atoms with Gasteiger partial charge in [0.15, 0.2) is 0 Å². The fraction of sp³-hybridized carbons (Fsp3) is 0.174. The van der Waals surface area contributed by atoms with Gasteiger partial charge in [0.2, 0.25) is 5.91 Å². The van der Waals surface area contributed by atoms with E-state index in [1.165, 1.54) is 30.3 Å². The number of amides is 1. The summed E-state index contributed by atoms with van der Waals surface area (Å²) >= 11 is 0. The standard InChI is InChI=1S/C23H21F3N2O3S/c1-16-11-17(2)13-19(12-16)27-22(29)15-28(32(30,31)21-9-4-3-5-10-21)20-8-6-7-18(14-20)23(24,25)26/h3-14H,15H2,1-2H3,(H,27,29). The lowest BCUT2D eigenvalue weighted by Crippen LogP contribution is -2.38. The van der Waals surface area contributed by atoms with E-state index in [1.54, 1.807) is 18.2 Å². The van der Waals surface area contributed by atoms with Crippen molar-refractivity contribution in [3.63, 3.8) is 0 Å². The van der Waals surface area contributed by atoms with Gasteiger partial charge < -0.3 is 5.32 Å². The van der Waals surface area contributed by atoms with Gasteiger partial charge >= 0.3 is 6.18 Å². The van der Waals surface area contributed by atoms with Crippen molar-refractivity contribution in [2.75, 3.05) is 16.2 Å². The van der Waals surface area contributed by atoms with E-state index in [0.717, 1.165) is 23.3 Å². The Morgan fingerprint density at radius 1 is 0.906 bits per heavy atom. The monoisotopic (exact) mass is 462 g/mol. The largest absolute Gasteiger partial charge is 0.416 e. The van der Waals surface area contributed by atoms with Gasteiger partial charge in [0.05, 0.1) is 16.1 Å². The van der Waals surface area contributed by atoms with E-state index < -0.39 is 34.2 Å². The molecule has 0 saturated carbocycles. The molecule has 0 heterocycles. The van der Waals surface area contributed by atoms with E-state index in [0.29, 0.717) is 16.1 Å². The van der Waals surface area contributed by atoms with Crippen LogP contribution in [0.2, 0.25) is 0 Å². The van der Waals surface area contributed by atoms with Crippen LogP contribution in [0, 0.1) is 13.8 Å². The average Bonchev–Trinajstić information content (AvgIpc) is 2.71. The molecule has 3 aromatic rings. The summed E-state index contributed by atoms with van der Waals surface area (Å²) in [5.74, 6) is -0.688. The molecule has 0 bridgehead atoms. The van der Waals surface area contributed by atoms with Crippen LogP contribution >= 0.6 is 0 Å². The number of halogens is 3. The number of rotatable bonds is 6. The van der Waals surface area contributed by atoms with Crippen molar-refractivity contribution in [1.82, 2.24) is 0 Å². The van der Waals surface area contributed by atoms with Crippen molar-refractivity contribution in [1.29, 1.82) is 0 Å². The van der Waals surface area contributed by atoms with E-state index in [9.17, 15) is 26.4 Å². The Labute approximate surface area is 184 Å². The molecule has 5 nitrogen and oxygen atoms in total. The van der Waals surface area contributed by atoms with E-state index >= 15 is 0 Å². The van der Waals surface area contributed by atoms with Gasteiger partial charge in [-0.1, -0.05) is 30.3 Å². The highest BCUT2D eigenvalue weighted by molar-refractivity contribution is 7.92. The maximum atomic E-state index is 13.3. The number of alkyl halides is 3. The molecule has 0 aliphatic rings. The summed E-state index contributed by atoms with van der Waals surface area (Å²) in [5.41, 5.74) is 0.977. The van der Waals surface area contributed by atoms with Crippen LogP contribution in [0.4, 0.5) is 24.5 Å². The van der Waals surface area contributed by atoms with Crippen molar-refractivity contribution in [3.05, 3.63) is 89.5 Å². The highest BCUT2D eigenvalue weighted by Crippen LogP contribution is 2.33. The number of carbonyl (C=O) groups is 1. The molecule has 0 fully saturated rings. The molecule has 1 amide bonds. The summed E-state index contributed by atoms with van der Waals surface area (Å²) in [6.45, 7) is 2.99. The first-order valence-electron chi connectivity index (χ1n) is 9.60. The lowest BCUT2D eigenvalue weighted by Gasteiger charge is -2.25. The second kappa shape index (κ2) is 9.04. The predicted octanol–water partition coefficient (Wildman–Crippen LogP) is 5.16. The van der Waals surface area contributed by atoms with Gasteiger partial charge in [-0.15, -0.1) is 0 Å². The molecule has 0 aliphatic carbocycles. The van der Waals surface area contributed by atoms with Crippen LogP contribution in [0.15, 0.2) is 77.7 Å². The zero-order valence-corrected chi connectivity index (χ0v) is 18.2. The van der Waals surface area contributed by atoms with Crippen molar-refractivity contribution >= 4 is 27.3 Å². The SMILES string of the molecule is Cc1cc(C)cc(NC(=O)CN(c2cccc(C(F)(F)F)c2)S(=O)(=O)c2ccccc2)c1. The number of anilines is 2. The van der Waals surface area contributed by atoms with Gasteiger partial charge in [-0.25, -0.2) is 8.42 Å². The number of carbonyl (C=O) groups excluding carboxylic acids is 1. The normalized spacial score (nSPS) is 11.8. The van der Waals surface area contributed by atoms with Crippen LogP contribution in [0.3, 0.4) is 0 Å². The zero-order chi connectivity index (χ0) is 23.5. The number of benzene rings is 3. The number of nitrogens with one attached hydrogen (secondary N) is 1. The van der Waals surface area contributed by atoms with Gasteiger partial charge in [0, 0.05) is 5.69 Å². The Kier molecular flexibility index (Phi) is 6.59. The van der Waals surface area contributed by atoms with E-state index in [2.05, 4.69) is 5.32 Å². The number of sulfonamides is 1. The number of aryl methyl sites for hydroxylation is 2. The van der Waals surface area contributed by atoms with Crippen LogP contribution in [-0.4, -0.2) is 20.9 Å². The molecular formula is C23H21F3N2O3S. The average molecular weight is 462 g/mol. The quantitative estimate of drug-likeness (QED) is 0.551. The van der Waals surface area contributed by atoms with Crippen LogP contribution in [0.1, 0.15) is 16.7 Å². The maximum Gasteiger partial charge on any atom is 0.416 e. The Balaban J connectivity index is 2.00. The summed E-state index contributed by atoms with van der Waals surface area (Å²) in [5, 5.41) is 2.62. The van der Waals surface area contributed by atoms with Crippen molar-refractivity contribution in [3.8, 4) is 0 Å². The lowest BCUT2D eigenvalue weighted by atomic mass is 10.1. The van der Waals surface area contributed by atoms with E-state index in [1.807, 2.05) is 19.9 Å². The second-order valence-corrected chi connectivity index (χ2v) is 9.16. The summed E-state index contributed by atoms with van der Waals surface area (Å²) in [4.78, 5) is 12.6. The smallest absolute Gasteiger partial charge is 0.324 e. The molecule has 3 rings (SSSR count). The predicted molar refractivity (Wildman–Crippen MR) is 117 cm³/mol. The molecule has 0 atom stereocenters. The van der Waals surface area contributed by atoms with Crippen LogP contribution < -0.4 is 9.62 Å². The molecule has 0 saturated heterocycles. The van der Waals surface area contributed by atoms with Crippen molar-refractivity contribution in [2.24, 2.45) is 0 Å². The van der Waals surface area contributed by atoms with Gasteiger partial charge in [0.1, 0.15) is 6.54 Å². The fourth-order valence-corrected chi connectivity index (χ4v) is 4.68. The minimum Gasteiger partial charge on any atom is -0.324 e. The molecule has 0 unspecified atom stereocenters. The number of nitrogens with zero attached hydrogens (tertiary/aromatic N) is 1. The van der Waals surface area contributed by atoms with Crippen molar-refractivity contribution in [2.45, 2.75) is 24.9 Å². The van der Waals surface area contributed by atoms with Gasteiger partial charge in [-0.05, 0) is 67.4 Å². The minimum atomic E-state index is -4.67. The third kappa shape index (κ3) is 5.47. The number of hydrogen-bond acceptors (Lipinski definition) is 3. The lowest BCUT2D eigenvalue weighted by molar-refractivity contribution is -0.137. The van der Waals surface area contributed by atoms with Crippen LogP contribution in [0.25, 0.3) is 0 Å². The minimum absolute atomic E-state index is 0.142. The topological polar surface area (TPSA) is 66.5 Å². The summed E-state index contributed by atoms with van der Waals surface area (Å²) in [7, 11) is -4.31. The zero-order valence-electron chi connectivity index (χ0n) is 17.3. The molecule has 9 heteroatoms. The molecule has 1 N–H and O–H groups in total. The molecule has 0 aliphatic heterocycles. The highest BCUT2D eigenvalue weighted by Gasteiger charge is 2.33. The number of hydrogen-bond donors (Lipinski definition) is 1. The van der Waals surface area contributed by atoms with Crippen LogP contribution in [-0.2, 0) is 21.0 Å². The van der Waals surface area contributed by atoms with Gasteiger partial charge in [0.25, 0.3) is 10.0 Å². The first-order valence-corrected chi connectivity index (χ1v) is 11.0. The Bertz CT molecular complexity index is 1210. The fourth-order valence-electron chi connectivity index (χ4n) is 3.25. The third-order valence-electron chi connectivity index (χ3n) is 4.59.